The van der Waals surface area contributed by atoms with Gasteiger partial charge in [0.05, 0.1) is 5.56 Å². The van der Waals surface area contributed by atoms with Crippen molar-refractivity contribution in [3.05, 3.63) is 29.3 Å². The first-order valence-corrected chi connectivity index (χ1v) is 6.47. The van der Waals surface area contributed by atoms with E-state index in [9.17, 15) is 13.2 Å². The molecule has 0 heterocycles. The Morgan fingerprint density at radius 3 is 2.35 bits per heavy atom. The lowest BCUT2D eigenvalue weighted by molar-refractivity contribution is -0.137. The van der Waals surface area contributed by atoms with Crippen molar-refractivity contribution >= 4 is 11.5 Å². The topological polar surface area (TPSA) is 53.1 Å². The van der Waals surface area contributed by atoms with Crippen molar-refractivity contribution in [3.8, 4) is 0 Å². The molecule has 0 aliphatic heterocycles. The second-order valence-corrected chi connectivity index (χ2v) is 5.08. The zero-order chi connectivity index (χ0) is 15.5. The summed E-state index contributed by atoms with van der Waals surface area (Å²) in [6.07, 6.45) is -4.43. The summed E-state index contributed by atoms with van der Waals surface area (Å²) in [5.74, 6) is 0.00496. The van der Waals surface area contributed by atoms with Gasteiger partial charge in [0.15, 0.2) is 0 Å². The molecule has 3 nitrogen and oxygen atoms in total. The summed E-state index contributed by atoms with van der Waals surface area (Å²) in [5.41, 5.74) is 5.35. The van der Waals surface area contributed by atoms with Crippen molar-refractivity contribution in [2.45, 2.75) is 26.9 Å². The lowest BCUT2D eigenvalue weighted by Crippen LogP contribution is -2.30. The molecule has 0 saturated heterocycles. The Labute approximate surface area is 117 Å². The van der Waals surface area contributed by atoms with E-state index in [0.717, 1.165) is 12.1 Å². The first-order valence-electron chi connectivity index (χ1n) is 6.47. The number of benzene rings is 1. The number of anilines is 1. The molecule has 20 heavy (non-hydrogen) atoms. The summed E-state index contributed by atoms with van der Waals surface area (Å²) < 4.78 is 38.2. The van der Waals surface area contributed by atoms with Crippen molar-refractivity contribution in [2.75, 3.05) is 18.0 Å². The van der Waals surface area contributed by atoms with Crippen LogP contribution in [0.4, 0.5) is 18.9 Å². The lowest BCUT2D eigenvalue weighted by Gasteiger charge is -2.27. The molecular weight excluding hydrogens is 267 g/mol. The highest BCUT2D eigenvalue weighted by molar-refractivity contribution is 6.00. The summed E-state index contributed by atoms with van der Waals surface area (Å²) >= 11 is 0. The van der Waals surface area contributed by atoms with Gasteiger partial charge in [0.1, 0.15) is 5.84 Å². The molecule has 1 rings (SSSR count). The Balaban J connectivity index is 3.29. The molecule has 0 atom stereocenters. The number of alkyl halides is 3. The molecule has 0 spiro atoms. The summed E-state index contributed by atoms with van der Waals surface area (Å²) in [5, 5.41) is 7.51. The standard InChI is InChI=1S/C14H20F3N3/c1-4-20(8-9(2)3)12-6-5-10(14(15,16)17)7-11(12)13(18)19/h5-7,9H,4,8H2,1-3H3,(H3,18,19). The summed E-state index contributed by atoms with van der Waals surface area (Å²) in [7, 11) is 0. The van der Waals surface area contributed by atoms with E-state index >= 15 is 0 Å². The summed E-state index contributed by atoms with van der Waals surface area (Å²) in [4.78, 5) is 1.93. The minimum Gasteiger partial charge on any atom is -0.384 e. The van der Waals surface area contributed by atoms with Gasteiger partial charge in [-0.15, -0.1) is 0 Å². The van der Waals surface area contributed by atoms with E-state index < -0.39 is 11.7 Å². The molecule has 1 aromatic carbocycles. The first kappa shape index (κ1) is 16.3. The Morgan fingerprint density at radius 2 is 1.95 bits per heavy atom. The van der Waals surface area contributed by atoms with Gasteiger partial charge in [0.25, 0.3) is 0 Å². The second-order valence-electron chi connectivity index (χ2n) is 5.08. The fourth-order valence-electron chi connectivity index (χ4n) is 2.04. The van der Waals surface area contributed by atoms with Crippen LogP contribution in [-0.4, -0.2) is 18.9 Å². The van der Waals surface area contributed by atoms with Crippen molar-refractivity contribution in [1.82, 2.24) is 0 Å². The fraction of sp³-hybridized carbons (Fsp3) is 0.500. The Morgan fingerprint density at radius 1 is 1.35 bits per heavy atom. The molecule has 0 radical (unpaired) electrons. The third-order valence-electron chi connectivity index (χ3n) is 2.92. The molecule has 0 bridgehead atoms. The Kier molecular flexibility index (Phi) is 5.03. The highest BCUT2D eigenvalue weighted by Crippen LogP contribution is 2.33. The quantitative estimate of drug-likeness (QED) is 0.643. The number of nitrogens with zero attached hydrogens (tertiary/aromatic N) is 1. The predicted octanol–water partition coefficient (Wildman–Crippen LogP) is 3.47. The van der Waals surface area contributed by atoms with Crippen LogP contribution in [0.3, 0.4) is 0 Å². The number of nitrogens with one attached hydrogen (secondary N) is 1. The molecule has 0 aliphatic carbocycles. The van der Waals surface area contributed by atoms with Crippen molar-refractivity contribution < 1.29 is 13.2 Å². The molecule has 0 aromatic heterocycles. The first-order chi connectivity index (χ1) is 9.16. The summed E-state index contributed by atoms with van der Waals surface area (Å²) in [6, 6.07) is 3.37. The van der Waals surface area contributed by atoms with Gasteiger partial charge < -0.3 is 10.6 Å². The van der Waals surface area contributed by atoms with Crippen LogP contribution in [-0.2, 0) is 6.18 Å². The average Bonchev–Trinajstić information content (AvgIpc) is 2.33. The molecular formula is C14H20F3N3. The van der Waals surface area contributed by atoms with E-state index in [2.05, 4.69) is 0 Å². The number of nitrogens with two attached hydrogens (primary N) is 1. The maximum absolute atomic E-state index is 12.7. The second kappa shape index (κ2) is 6.15. The molecule has 1 aromatic rings. The third-order valence-corrected chi connectivity index (χ3v) is 2.92. The van der Waals surface area contributed by atoms with Gasteiger partial charge in [-0.2, -0.15) is 13.2 Å². The number of rotatable bonds is 5. The highest BCUT2D eigenvalue weighted by Gasteiger charge is 2.31. The van der Waals surface area contributed by atoms with Gasteiger partial charge in [0, 0.05) is 24.3 Å². The van der Waals surface area contributed by atoms with E-state index in [4.69, 9.17) is 11.1 Å². The van der Waals surface area contributed by atoms with E-state index in [1.54, 1.807) is 0 Å². The van der Waals surface area contributed by atoms with Crippen LogP contribution < -0.4 is 10.6 Å². The average molecular weight is 287 g/mol. The van der Waals surface area contributed by atoms with E-state index in [1.165, 1.54) is 6.07 Å². The summed E-state index contributed by atoms with van der Waals surface area (Å²) in [6.45, 7) is 7.32. The normalized spacial score (nSPS) is 11.8. The maximum Gasteiger partial charge on any atom is 0.416 e. The highest BCUT2D eigenvalue weighted by atomic mass is 19.4. The molecule has 0 fully saturated rings. The van der Waals surface area contributed by atoms with Gasteiger partial charge in [-0.25, -0.2) is 0 Å². The van der Waals surface area contributed by atoms with Crippen LogP contribution in [0.2, 0.25) is 0 Å². The van der Waals surface area contributed by atoms with Gasteiger partial charge in [0.2, 0.25) is 0 Å². The fourth-order valence-corrected chi connectivity index (χ4v) is 2.04. The molecule has 6 heteroatoms. The number of amidine groups is 1. The minimum absolute atomic E-state index is 0.127. The SMILES string of the molecule is CCN(CC(C)C)c1ccc(C(F)(F)F)cc1C(=N)N. The predicted molar refractivity (Wildman–Crippen MR) is 75.2 cm³/mol. The number of hydrogen-bond donors (Lipinski definition) is 2. The van der Waals surface area contributed by atoms with E-state index in [-0.39, 0.29) is 11.4 Å². The lowest BCUT2D eigenvalue weighted by atomic mass is 10.0. The van der Waals surface area contributed by atoms with Crippen LogP contribution in [0.25, 0.3) is 0 Å². The van der Waals surface area contributed by atoms with Crippen molar-refractivity contribution in [1.29, 1.82) is 5.41 Å². The van der Waals surface area contributed by atoms with E-state index in [0.29, 0.717) is 24.7 Å². The smallest absolute Gasteiger partial charge is 0.384 e. The van der Waals surface area contributed by atoms with Gasteiger partial charge in [-0.05, 0) is 31.0 Å². The van der Waals surface area contributed by atoms with Crippen LogP contribution in [0, 0.1) is 11.3 Å². The van der Waals surface area contributed by atoms with Crippen LogP contribution in [0.15, 0.2) is 18.2 Å². The molecule has 112 valence electrons. The molecule has 0 saturated carbocycles. The van der Waals surface area contributed by atoms with Crippen LogP contribution in [0.1, 0.15) is 31.9 Å². The van der Waals surface area contributed by atoms with Crippen molar-refractivity contribution in [3.63, 3.8) is 0 Å². The minimum atomic E-state index is -4.43. The molecule has 3 N–H and O–H groups in total. The molecule has 0 unspecified atom stereocenters. The largest absolute Gasteiger partial charge is 0.416 e. The van der Waals surface area contributed by atoms with Gasteiger partial charge in [-0.1, -0.05) is 13.8 Å². The maximum atomic E-state index is 12.7. The van der Waals surface area contributed by atoms with Crippen molar-refractivity contribution in [2.24, 2.45) is 11.7 Å². The number of halogens is 3. The number of hydrogen-bond acceptors (Lipinski definition) is 2. The van der Waals surface area contributed by atoms with Crippen LogP contribution >= 0.6 is 0 Å². The third kappa shape index (κ3) is 3.88. The van der Waals surface area contributed by atoms with Gasteiger partial charge >= 0.3 is 6.18 Å². The number of nitrogen functional groups attached to an aromatic ring is 1. The van der Waals surface area contributed by atoms with E-state index in [1.807, 2.05) is 25.7 Å². The zero-order valence-corrected chi connectivity index (χ0v) is 11.9. The van der Waals surface area contributed by atoms with Crippen LogP contribution in [0.5, 0.6) is 0 Å². The Bertz CT molecular complexity index is 481. The monoisotopic (exact) mass is 287 g/mol. The zero-order valence-electron chi connectivity index (χ0n) is 11.9. The Hall–Kier alpha value is -1.72. The molecule has 0 amide bonds. The van der Waals surface area contributed by atoms with Gasteiger partial charge in [-0.3, -0.25) is 5.41 Å². The molecule has 0 aliphatic rings.